The predicted molar refractivity (Wildman–Crippen MR) is 83.0 cm³/mol. The fourth-order valence-corrected chi connectivity index (χ4v) is 1.99. The molecule has 5 heteroatoms. The lowest BCUT2D eigenvalue weighted by atomic mass is 10.1. The van der Waals surface area contributed by atoms with Crippen molar-refractivity contribution >= 4 is 10.1 Å². The third-order valence-corrected chi connectivity index (χ3v) is 3.06. The molecule has 0 amide bonds. The molecule has 4 nitrogen and oxygen atoms in total. The van der Waals surface area contributed by atoms with E-state index in [4.69, 9.17) is 4.55 Å². The lowest BCUT2D eigenvalue weighted by Gasteiger charge is -2.14. The van der Waals surface area contributed by atoms with E-state index in [9.17, 15) is 8.42 Å². The van der Waals surface area contributed by atoms with Crippen molar-refractivity contribution in [2.45, 2.75) is 58.3 Å². The summed E-state index contributed by atoms with van der Waals surface area (Å²) in [6.45, 7) is 2.19. The van der Waals surface area contributed by atoms with E-state index in [0.717, 1.165) is 17.3 Å². The van der Waals surface area contributed by atoms with E-state index in [1.54, 1.807) is 0 Å². The molecule has 0 aromatic carbocycles. The quantitative estimate of drug-likeness (QED) is 0.403. The van der Waals surface area contributed by atoms with Gasteiger partial charge in [-0.15, -0.1) is 0 Å². The molecule has 1 N–H and O–H groups in total. The first kappa shape index (κ1) is 21.2. The summed E-state index contributed by atoms with van der Waals surface area (Å²) in [5.41, 5.74) is 0. The number of quaternary nitrogens is 1. The zero-order chi connectivity index (χ0) is 15.4. The molecule has 0 aliphatic rings. The molecule has 0 unspecified atom stereocenters. The van der Waals surface area contributed by atoms with Crippen LogP contribution in [0.4, 0.5) is 0 Å². The van der Waals surface area contributed by atoms with Gasteiger partial charge in [0, 0.05) is 0 Å². The SMILES string of the molecule is CCCCCCCCCCS(=O)(=O)O.C[N+](C)(C)C. The van der Waals surface area contributed by atoms with E-state index < -0.39 is 10.1 Å². The van der Waals surface area contributed by atoms with Crippen LogP contribution in [0.1, 0.15) is 58.3 Å². The van der Waals surface area contributed by atoms with E-state index in [1.807, 2.05) is 0 Å². The summed E-state index contributed by atoms with van der Waals surface area (Å²) in [4.78, 5) is 0. The molecule has 0 atom stereocenters. The van der Waals surface area contributed by atoms with Crippen LogP contribution in [0.3, 0.4) is 0 Å². The summed E-state index contributed by atoms with van der Waals surface area (Å²) in [7, 11) is 4.77. The maximum Gasteiger partial charge on any atom is 0.264 e. The zero-order valence-electron chi connectivity index (χ0n) is 13.5. The molecule has 0 saturated heterocycles. The third kappa shape index (κ3) is 38.1. The van der Waals surface area contributed by atoms with Gasteiger partial charge in [0.2, 0.25) is 0 Å². The van der Waals surface area contributed by atoms with Crippen LogP contribution >= 0.6 is 0 Å². The highest BCUT2D eigenvalue weighted by Crippen LogP contribution is 2.08. The second-order valence-electron chi connectivity index (χ2n) is 6.44. The summed E-state index contributed by atoms with van der Waals surface area (Å²) in [6, 6.07) is 0. The lowest BCUT2D eigenvalue weighted by molar-refractivity contribution is -0.849. The number of nitrogens with zero attached hydrogens (tertiary/aromatic N) is 1. The number of hydrogen-bond donors (Lipinski definition) is 1. The summed E-state index contributed by atoms with van der Waals surface area (Å²) >= 11 is 0. The first-order valence-corrected chi connectivity index (χ1v) is 8.91. The van der Waals surface area contributed by atoms with Crippen molar-refractivity contribution in [3.63, 3.8) is 0 Å². The topological polar surface area (TPSA) is 54.4 Å². The second-order valence-corrected chi connectivity index (χ2v) is 8.02. The van der Waals surface area contributed by atoms with Gasteiger partial charge in [0.25, 0.3) is 10.1 Å². The standard InChI is InChI=1S/C10H22O3S.C4H12N/c1-2-3-4-5-6-7-8-9-10-14(11,12)13;1-5(2,3)4/h2-10H2,1H3,(H,11,12,13);1-4H3/q;+1. The van der Waals surface area contributed by atoms with Crippen molar-refractivity contribution in [3.05, 3.63) is 0 Å². The Hall–Kier alpha value is -0.130. The van der Waals surface area contributed by atoms with Gasteiger partial charge in [0.15, 0.2) is 0 Å². The molecule has 0 heterocycles. The molecule has 0 saturated carbocycles. The Morgan fingerprint density at radius 1 is 0.789 bits per heavy atom. The van der Waals surface area contributed by atoms with Gasteiger partial charge in [0.05, 0.1) is 33.9 Å². The Labute approximate surface area is 120 Å². The Morgan fingerprint density at radius 3 is 1.42 bits per heavy atom. The Bertz CT molecular complexity index is 276. The highest BCUT2D eigenvalue weighted by Gasteiger charge is 2.02. The van der Waals surface area contributed by atoms with Crippen molar-refractivity contribution < 1.29 is 17.5 Å². The first-order chi connectivity index (χ1) is 8.56. The first-order valence-electron chi connectivity index (χ1n) is 7.30. The summed E-state index contributed by atoms with van der Waals surface area (Å²) < 4.78 is 30.2. The minimum atomic E-state index is -3.73. The maximum atomic E-state index is 10.4. The van der Waals surface area contributed by atoms with Crippen LogP contribution in [0.2, 0.25) is 0 Å². The second kappa shape index (κ2) is 11.7. The molecule has 118 valence electrons. The molecule has 0 radical (unpaired) electrons. The molecule has 0 fully saturated rings. The smallest absolute Gasteiger partial charge is 0.264 e. The molecule has 19 heavy (non-hydrogen) atoms. The lowest BCUT2D eigenvalue weighted by Crippen LogP contribution is -2.27. The van der Waals surface area contributed by atoms with Crippen molar-refractivity contribution in [2.24, 2.45) is 0 Å². The average molecular weight is 296 g/mol. The van der Waals surface area contributed by atoms with Crippen molar-refractivity contribution in [1.82, 2.24) is 0 Å². The van der Waals surface area contributed by atoms with E-state index in [1.165, 1.54) is 32.1 Å². The van der Waals surface area contributed by atoms with Gasteiger partial charge in [0.1, 0.15) is 0 Å². The molecule has 0 spiro atoms. The minimum absolute atomic E-state index is 0.0814. The Morgan fingerprint density at radius 2 is 1.11 bits per heavy atom. The third-order valence-electron chi connectivity index (χ3n) is 2.26. The van der Waals surface area contributed by atoms with Gasteiger partial charge >= 0.3 is 0 Å². The fourth-order valence-electron chi connectivity index (χ4n) is 1.42. The van der Waals surface area contributed by atoms with Crippen LogP contribution in [0.15, 0.2) is 0 Å². The normalized spacial score (nSPS) is 11.9. The average Bonchev–Trinajstić information content (AvgIpc) is 2.18. The van der Waals surface area contributed by atoms with Gasteiger partial charge < -0.3 is 4.48 Å². The van der Waals surface area contributed by atoms with E-state index in [-0.39, 0.29) is 5.75 Å². The molecule has 0 aromatic heterocycles. The van der Waals surface area contributed by atoms with Gasteiger partial charge in [-0.05, 0) is 6.42 Å². The molecule has 0 aliphatic heterocycles. The summed E-state index contributed by atoms with van der Waals surface area (Å²) in [5.74, 6) is -0.0814. The summed E-state index contributed by atoms with van der Waals surface area (Å²) in [5, 5.41) is 0. The number of rotatable bonds is 9. The van der Waals surface area contributed by atoms with Crippen molar-refractivity contribution in [2.75, 3.05) is 33.9 Å². The monoisotopic (exact) mass is 296 g/mol. The van der Waals surface area contributed by atoms with Crippen LogP contribution in [-0.2, 0) is 10.1 Å². The molecule has 0 aliphatic carbocycles. The van der Waals surface area contributed by atoms with E-state index in [2.05, 4.69) is 35.1 Å². The van der Waals surface area contributed by atoms with Crippen LogP contribution in [0, 0.1) is 0 Å². The van der Waals surface area contributed by atoms with Crippen LogP contribution in [0.5, 0.6) is 0 Å². The van der Waals surface area contributed by atoms with Crippen LogP contribution in [-0.4, -0.2) is 51.4 Å². The van der Waals surface area contributed by atoms with E-state index in [0.29, 0.717) is 6.42 Å². The van der Waals surface area contributed by atoms with Gasteiger partial charge in [-0.3, -0.25) is 4.55 Å². The Balaban J connectivity index is 0. The maximum absolute atomic E-state index is 10.4. The predicted octanol–water partition coefficient (Wildman–Crippen LogP) is 3.34. The van der Waals surface area contributed by atoms with Crippen molar-refractivity contribution in [1.29, 1.82) is 0 Å². The summed E-state index contributed by atoms with van der Waals surface area (Å²) in [6.07, 6.45) is 8.85. The van der Waals surface area contributed by atoms with Crippen LogP contribution < -0.4 is 0 Å². The number of unbranched alkanes of at least 4 members (excludes halogenated alkanes) is 7. The Kier molecular flexibility index (Phi) is 13.0. The molecule has 0 bridgehead atoms. The highest BCUT2D eigenvalue weighted by molar-refractivity contribution is 7.85. The number of hydrogen-bond acceptors (Lipinski definition) is 2. The molecule has 0 rings (SSSR count). The minimum Gasteiger partial charge on any atom is -0.333 e. The zero-order valence-corrected chi connectivity index (χ0v) is 14.3. The molecule has 0 aromatic rings. The van der Waals surface area contributed by atoms with Crippen LogP contribution in [0.25, 0.3) is 0 Å². The van der Waals surface area contributed by atoms with Gasteiger partial charge in [-0.2, -0.15) is 8.42 Å². The van der Waals surface area contributed by atoms with Gasteiger partial charge in [-0.1, -0.05) is 51.9 Å². The van der Waals surface area contributed by atoms with Gasteiger partial charge in [-0.25, -0.2) is 0 Å². The van der Waals surface area contributed by atoms with E-state index >= 15 is 0 Å². The fraction of sp³-hybridized carbons (Fsp3) is 1.00. The largest absolute Gasteiger partial charge is 0.333 e. The molecular weight excluding hydrogens is 262 g/mol. The van der Waals surface area contributed by atoms with Crippen molar-refractivity contribution in [3.8, 4) is 0 Å². The molecular formula is C14H34NO3S+. The highest BCUT2D eigenvalue weighted by atomic mass is 32.2.